The number of rotatable bonds is 5. The van der Waals surface area contributed by atoms with Gasteiger partial charge in [-0.15, -0.1) is 0 Å². The zero-order valence-electron chi connectivity index (χ0n) is 12.1. The van der Waals surface area contributed by atoms with Crippen LogP contribution in [0.3, 0.4) is 0 Å². The van der Waals surface area contributed by atoms with E-state index in [4.69, 9.17) is 5.73 Å². The lowest BCUT2D eigenvalue weighted by Crippen LogP contribution is -2.32. The van der Waals surface area contributed by atoms with Crippen molar-refractivity contribution in [1.82, 2.24) is 5.32 Å². The molecule has 0 aliphatic carbocycles. The maximum atomic E-state index is 11.9. The number of anilines is 1. The summed E-state index contributed by atoms with van der Waals surface area (Å²) in [5, 5.41) is 2.96. The van der Waals surface area contributed by atoms with Crippen LogP contribution in [-0.4, -0.2) is 11.9 Å². The van der Waals surface area contributed by atoms with Crippen LogP contribution in [0.1, 0.15) is 18.1 Å². The standard InChI is InChI=1S/C18H20N2O/c1-14(12-15-6-3-2-4-7-15)20-18(21)11-10-16-8-5-9-17(19)13-16/h2-11,13-14H,12,19H2,1H3,(H,20,21)/b11-10+. The van der Waals surface area contributed by atoms with Gasteiger partial charge in [-0.3, -0.25) is 4.79 Å². The molecule has 0 aromatic heterocycles. The third-order valence-electron chi connectivity index (χ3n) is 3.11. The van der Waals surface area contributed by atoms with E-state index in [1.807, 2.05) is 49.4 Å². The zero-order valence-corrected chi connectivity index (χ0v) is 12.1. The lowest BCUT2D eigenvalue weighted by Gasteiger charge is -2.12. The van der Waals surface area contributed by atoms with E-state index in [1.54, 1.807) is 6.08 Å². The van der Waals surface area contributed by atoms with Crippen molar-refractivity contribution in [1.29, 1.82) is 0 Å². The second-order valence-electron chi connectivity index (χ2n) is 5.10. The van der Waals surface area contributed by atoms with Crippen LogP contribution in [0.25, 0.3) is 6.08 Å². The van der Waals surface area contributed by atoms with E-state index in [0.717, 1.165) is 12.0 Å². The highest BCUT2D eigenvalue weighted by Gasteiger charge is 2.05. The summed E-state index contributed by atoms with van der Waals surface area (Å²) < 4.78 is 0. The second-order valence-corrected chi connectivity index (χ2v) is 5.10. The lowest BCUT2D eigenvalue weighted by molar-refractivity contribution is -0.117. The molecular formula is C18H20N2O. The average molecular weight is 280 g/mol. The fourth-order valence-electron chi connectivity index (χ4n) is 2.14. The van der Waals surface area contributed by atoms with E-state index in [2.05, 4.69) is 17.4 Å². The summed E-state index contributed by atoms with van der Waals surface area (Å²) in [5.41, 5.74) is 8.52. The van der Waals surface area contributed by atoms with Gasteiger partial charge in [-0.2, -0.15) is 0 Å². The van der Waals surface area contributed by atoms with Crippen LogP contribution in [0.5, 0.6) is 0 Å². The van der Waals surface area contributed by atoms with Crippen molar-refractivity contribution < 1.29 is 4.79 Å². The average Bonchev–Trinajstić information content (AvgIpc) is 2.46. The van der Waals surface area contributed by atoms with Crippen molar-refractivity contribution in [2.75, 3.05) is 5.73 Å². The van der Waals surface area contributed by atoms with Gasteiger partial charge >= 0.3 is 0 Å². The van der Waals surface area contributed by atoms with E-state index < -0.39 is 0 Å². The molecule has 0 heterocycles. The molecule has 0 radical (unpaired) electrons. The molecule has 0 saturated heterocycles. The Hall–Kier alpha value is -2.55. The Morgan fingerprint density at radius 3 is 2.67 bits per heavy atom. The lowest BCUT2D eigenvalue weighted by atomic mass is 10.1. The van der Waals surface area contributed by atoms with Gasteiger partial charge in [-0.1, -0.05) is 42.5 Å². The molecule has 2 rings (SSSR count). The molecule has 0 aliphatic heterocycles. The topological polar surface area (TPSA) is 55.1 Å². The number of hydrogen-bond donors (Lipinski definition) is 2. The van der Waals surface area contributed by atoms with Gasteiger partial charge < -0.3 is 11.1 Å². The highest BCUT2D eigenvalue weighted by Crippen LogP contribution is 2.08. The Morgan fingerprint density at radius 2 is 1.95 bits per heavy atom. The van der Waals surface area contributed by atoms with Crippen LogP contribution in [0, 0.1) is 0 Å². The number of nitrogens with two attached hydrogens (primary N) is 1. The van der Waals surface area contributed by atoms with E-state index in [1.165, 1.54) is 11.6 Å². The van der Waals surface area contributed by atoms with E-state index in [0.29, 0.717) is 5.69 Å². The maximum absolute atomic E-state index is 11.9. The number of carbonyl (C=O) groups is 1. The number of hydrogen-bond acceptors (Lipinski definition) is 2. The SMILES string of the molecule is CC(Cc1ccccc1)NC(=O)/C=C/c1cccc(N)c1. The highest BCUT2D eigenvalue weighted by molar-refractivity contribution is 5.92. The van der Waals surface area contributed by atoms with E-state index >= 15 is 0 Å². The number of carbonyl (C=O) groups excluding carboxylic acids is 1. The van der Waals surface area contributed by atoms with Crippen LogP contribution >= 0.6 is 0 Å². The van der Waals surface area contributed by atoms with Crippen LogP contribution in [-0.2, 0) is 11.2 Å². The molecule has 2 aromatic carbocycles. The zero-order chi connectivity index (χ0) is 15.1. The number of nitrogen functional groups attached to an aromatic ring is 1. The van der Waals surface area contributed by atoms with Crippen LogP contribution in [0.4, 0.5) is 5.69 Å². The predicted octanol–water partition coefficient (Wildman–Crippen LogP) is 3.03. The molecule has 0 fully saturated rings. The Morgan fingerprint density at radius 1 is 1.19 bits per heavy atom. The smallest absolute Gasteiger partial charge is 0.244 e. The molecule has 3 heteroatoms. The third-order valence-corrected chi connectivity index (χ3v) is 3.11. The number of benzene rings is 2. The molecule has 1 atom stereocenters. The van der Waals surface area contributed by atoms with Crippen LogP contribution in [0.2, 0.25) is 0 Å². The van der Waals surface area contributed by atoms with E-state index in [-0.39, 0.29) is 11.9 Å². The Balaban J connectivity index is 1.86. The number of amides is 1. The molecule has 0 aliphatic rings. The van der Waals surface area contributed by atoms with Gasteiger partial charge in [-0.05, 0) is 42.7 Å². The summed E-state index contributed by atoms with van der Waals surface area (Å²) in [6.45, 7) is 2.00. The van der Waals surface area contributed by atoms with Gasteiger partial charge in [0.05, 0.1) is 0 Å². The quantitative estimate of drug-likeness (QED) is 0.653. The summed E-state index contributed by atoms with van der Waals surface area (Å²) in [6, 6.07) is 17.6. The molecule has 108 valence electrons. The molecule has 0 spiro atoms. The van der Waals surface area contributed by atoms with Gasteiger partial charge in [0.25, 0.3) is 0 Å². The molecule has 21 heavy (non-hydrogen) atoms. The summed E-state index contributed by atoms with van der Waals surface area (Å²) >= 11 is 0. The molecule has 3 N–H and O–H groups in total. The maximum Gasteiger partial charge on any atom is 0.244 e. The number of nitrogens with one attached hydrogen (secondary N) is 1. The van der Waals surface area contributed by atoms with Crippen molar-refractivity contribution in [3.05, 3.63) is 71.8 Å². The minimum Gasteiger partial charge on any atom is -0.399 e. The fourth-order valence-corrected chi connectivity index (χ4v) is 2.14. The molecule has 2 aromatic rings. The molecular weight excluding hydrogens is 260 g/mol. The van der Waals surface area contributed by atoms with E-state index in [9.17, 15) is 4.79 Å². The van der Waals surface area contributed by atoms with Crippen molar-refractivity contribution in [3.63, 3.8) is 0 Å². The Labute approximate surface area is 125 Å². The first kappa shape index (κ1) is 14.9. The molecule has 1 amide bonds. The molecule has 3 nitrogen and oxygen atoms in total. The van der Waals surface area contributed by atoms with Crippen molar-refractivity contribution in [2.24, 2.45) is 0 Å². The summed E-state index contributed by atoms with van der Waals surface area (Å²) in [4.78, 5) is 11.9. The van der Waals surface area contributed by atoms with Gasteiger partial charge in [0.15, 0.2) is 0 Å². The largest absolute Gasteiger partial charge is 0.399 e. The fraction of sp³-hybridized carbons (Fsp3) is 0.167. The second kappa shape index (κ2) is 7.29. The normalized spacial score (nSPS) is 12.2. The van der Waals surface area contributed by atoms with Crippen LogP contribution < -0.4 is 11.1 Å². The Bertz CT molecular complexity index is 620. The van der Waals surface area contributed by atoms with Crippen molar-refractivity contribution in [2.45, 2.75) is 19.4 Å². The molecule has 0 bridgehead atoms. The molecule has 1 unspecified atom stereocenters. The van der Waals surface area contributed by atoms with Crippen molar-refractivity contribution in [3.8, 4) is 0 Å². The minimum absolute atomic E-state index is 0.0883. The highest BCUT2D eigenvalue weighted by atomic mass is 16.1. The summed E-state index contributed by atoms with van der Waals surface area (Å²) in [6.07, 6.45) is 4.12. The summed E-state index contributed by atoms with van der Waals surface area (Å²) in [7, 11) is 0. The van der Waals surface area contributed by atoms with Crippen molar-refractivity contribution >= 4 is 17.7 Å². The predicted molar refractivity (Wildman–Crippen MR) is 87.6 cm³/mol. The first-order chi connectivity index (χ1) is 10.1. The van der Waals surface area contributed by atoms with Gasteiger partial charge in [0.1, 0.15) is 0 Å². The Kier molecular flexibility index (Phi) is 5.16. The first-order valence-corrected chi connectivity index (χ1v) is 7.01. The van der Waals surface area contributed by atoms with Gasteiger partial charge in [0, 0.05) is 17.8 Å². The third kappa shape index (κ3) is 5.15. The monoisotopic (exact) mass is 280 g/mol. The summed E-state index contributed by atoms with van der Waals surface area (Å²) in [5.74, 6) is -0.0964. The first-order valence-electron chi connectivity index (χ1n) is 7.01. The van der Waals surface area contributed by atoms with Crippen LogP contribution in [0.15, 0.2) is 60.7 Å². The van der Waals surface area contributed by atoms with Gasteiger partial charge in [0.2, 0.25) is 5.91 Å². The van der Waals surface area contributed by atoms with Gasteiger partial charge in [-0.25, -0.2) is 0 Å². The minimum atomic E-state index is -0.0964. The molecule has 0 saturated carbocycles.